The van der Waals surface area contributed by atoms with Gasteiger partial charge in [0, 0.05) is 47.8 Å². The maximum Gasteiger partial charge on any atom is 0.305 e. The Morgan fingerprint density at radius 1 is 1.04 bits per heavy atom. The summed E-state index contributed by atoms with van der Waals surface area (Å²) in [7, 11) is -2.25. The summed E-state index contributed by atoms with van der Waals surface area (Å²) in [5.74, 6) is -1.93. The van der Waals surface area contributed by atoms with Gasteiger partial charge in [0.1, 0.15) is 0 Å². The number of rotatable bonds is 11. The van der Waals surface area contributed by atoms with E-state index in [9.17, 15) is 24.3 Å². The summed E-state index contributed by atoms with van der Waals surface area (Å²) in [6.07, 6.45) is 0.653. The Morgan fingerprint density at radius 3 is 2.43 bits per heavy atom. The zero-order chi connectivity index (χ0) is 36.5. The Labute approximate surface area is 299 Å². The second-order valence-corrected chi connectivity index (χ2v) is 18.1. The van der Waals surface area contributed by atoms with Gasteiger partial charge in [-0.15, -0.1) is 0 Å². The summed E-state index contributed by atoms with van der Waals surface area (Å²) in [5, 5.41) is 13.2. The summed E-state index contributed by atoms with van der Waals surface area (Å²) >= 11 is 0. The van der Waals surface area contributed by atoms with Gasteiger partial charge in [0.25, 0.3) is 11.8 Å². The molecule has 12 heteroatoms. The Hall–Kier alpha value is -4.39. The number of amides is 3. The summed E-state index contributed by atoms with van der Waals surface area (Å²) in [6, 6.07) is 21.4. The number of ether oxygens (including phenoxy) is 2. The van der Waals surface area contributed by atoms with Crippen LogP contribution in [0.2, 0.25) is 18.6 Å². The number of aliphatic hydroxyl groups is 1. The number of fused-ring (bicyclic) bond motifs is 3. The van der Waals surface area contributed by atoms with Gasteiger partial charge in [0.05, 0.1) is 38.0 Å². The van der Waals surface area contributed by atoms with Crippen LogP contribution >= 0.6 is 0 Å². The number of carbonyl (C=O) groups is 4. The third kappa shape index (κ3) is 6.96. The summed E-state index contributed by atoms with van der Waals surface area (Å²) in [5.41, 5.74) is 1.76. The average molecular weight is 716 g/mol. The number of nitrogens with zero attached hydrogens (tertiary/aromatic N) is 2. The van der Waals surface area contributed by atoms with Crippen LogP contribution in [0.1, 0.15) is 59.7 Å². The molecule has 0 aliphatic carbocycles. The second kappa shape index (κ2) is 14.7. The molecule has 0 unspecified atom stereocenters. The van der Waals surface area contributed by atoms with Gasteiger partial charge < -0.3 is 33.8 Å². The molecular weight excluding hydrogens is 670 g/mol. The predicted molar refractivity (Wildman–Crippen MR) is 193 cm³/mol. The maximum absolute atomic E-state index is 16.5. The Balaban J connectivity index is 1.34. The normalized spacial score (nSPS) is 24.0. The smallest absolute Gasteiger partial charge is 0.305 e. The van der Waals surface area contributed by atoms with E-state index in [4.69, 9.17) is 9.47 Å². The van der Waals surface area contributed by atoms with Crippen molar-refractivity contribution in [1.82, 2.24) is 4.90 Å². The van der Waals surface area contributed by atoms with E-state index in [0.29, 0.717) is 48.3 Å². The zero-order valence-electron chi connectivity index (χ0n) is 29.6. The molecule has 2 N–H and O–H groups in total. The molecule has 0 bridgehead atoms. The van der Waals surface area contributed by atoms with Crippen molar-refractivity contribution in [1.29, 1.82) is 0 Å². The van der Waals surface area contributed by atoms with Gasteiger partial charge in [-0.2, -0.15) is 0 Å². The van der Waals surface area contributed by atoms with Crippen molar-refractivity contribution in [3.63, 3.8) is 0 Å². The molecule has 1 fully saturated rings. The molecule has 270 valence electrons. The largest absolute Gasteiger partial charge is 0.469 e. The van der Waals surface area contributed by atoms with Crippen molar-refractivity contribution < 1.29 is 37.9 Å². The molecule has 5 atom stereocenters. The van der Waals surface area contributed by atoms with Gasteiger partial charge in [-0.25, -0.2) is 0 Å². The number of methoxy groups -OCH3 is 1. The molecule has 51 heavy (non-hydrogen) atoms. The molecule has 1 spiro atoms. The molecule has 6 rings (SSSR count). The van der Waals surface area contributed by atoms with Gasteiger partial charge in [0.15, 0.2) is 5.60 Å². The fourth-order valence-corrected chi connectivity index (χ4v) is 10.8. The first-order valence-electron chi connectivity index (χ1n) is 17.6. The molecule has 3 amide bonds. The van der Waals surface area contributed by atoms with Crippen LogP contribution in [0, 0.1) is 5.92 Å². The minimum absolute atomic E-state index is 0.151. The minimum Gasteiger partial charge on any atom is -0.469 e. The van der Waals surface area contributed by atoms with Gasteiger partial charge in [-0.3, -0.25) is 19.2 Å². The number of anilines is 2. The minimum atomic E-state index is -3.58. The number of hydrogen-bond acceptors (Lipinski definition) is 7. The van der Waals surface area contributed by atoms with Crippen LogP contribution in [0.5, 0.6) is 0 Å². The van der Waals surface area contributed by atoms with E-state index in [2.05, 4.69) is 5.32 Å². The van der Waals surface area contributed by atoms with Crippen molar-refractivity contribution in [2.45, 2.75) is 82.0 Å². The van der Waals surface area contributed by atoms with Crippen LogP contribution < -0.4 is 10.2 Å². The van der Waals surface area contributed by atoms with Crippen molar-refractivity contribution in [2.24, 2.45) is 5.92 Å². The van der Waals surface area contributed by atoms with E-state index in [-0.39, 0.29) is 49.7 Å². The lowest BCUT2D eigenvalue weighted by Crippen LogP contribution is -2.48. The van der Waals surface area contributed by atoms with Crippen molar-refractivity contribution in [3.05, 3.63) is 95.1 Å². The third-order valence-corrected chi connectivity index (χ3v) is 13.2. The van der Waals surface area contributed by atoms with Crippen LogP contribution in [0.25, 0.3) is 0 Å². The molecule has 3 aromatic rings. The van der Waals surface area contributed by atoms with Gasteiger partial charge in [-0.05, 0) is 73.8 Å². The van der Waals surface area contributed by atoms with E-state index in [1.54, 1.807) is 65.4 Å². The lowest BCUT2D eigenvalue weighted by Gasteiger charge is -2.37. The van der Waals surface area contributed by atoms with Gasteiger partial charge >= 0.3 is 5.97 Å². The number of carbonyl (C=O) groups excluding carboxylic acids is 4. The van der Waals surface area contributed by atoms with E-state index < -0.39 is 37.6 Å². The van der Waals surface area contributed by atoms with Gasteiger partial charge in [0.2, 0.25) is 14.3 Å². The Kier molecular flexibility index (Phi) is 10.5. The van der Waals surface area contributed by atoms with Crippen molar-refractivity contribution >= 4 is 43.5 Å². The molecular formula is C39H46FN3O7Si. The quantitative estimate of drug-likeness (QED) is 0.112. The fourth-order valence-electron chi connectivity index (χ4n) is 8.31. The first-order chi connectivity index (χ1) is 24.4. The van der Waals surface area contributed by atoms with Crippen LogP contribution in [0.15, 0.2) is 72.8 Å². The molecule has 10 nitrogen and oxygen atoms in total. The highest BCUT2D eigenvalue weighted by Gasteiger charge is 2.67. The lowest BCUT2D eigenvalue weighted by atomic mass is 9.82. The standard InChI is InChI=1S/C39H46FN3O7Si/c1-25-36(51(3,4)40)33(22-34(45)43-23-28-15-9-8-14-27(28)20-30(43)24-44)50-39(25)31-21-29(41-37(47)26-12-6-5-7-13-26)17-18-32(31)42(38(39)48)19-11-10-16-35(46)49-2/h5-9,12-15,17-18,21,25,30,33,36,44H,10-11,16,19-20,22-24H2,1-4H3,(H,41,47)/t25-,30-,33+,36-,39+/m0/s1. The third-order valence-electron chi connectivity index (χ3n) is 10.8. The molecule has 1 saturated heterocycles. The summed E-state index contributed by atoms with van der Waals surface area (Å²) in [4.78, 5) is 57.1. The highest BCUT2D eigenvalue weighted by Crippen LogP contribution is 2.60. The number of esters is 1. The predicted octanol–water partition coefficient (Wildman–Crippen LogP) is 5.74. The van der Waals surface area contributed by atoms with Crippen LogP contribution in [0.3, 0.4) is 0 Å². The summed E-state index contributed by atoms with van der Waals surface area (Å²) < 4.78 is 28.2. The molecule has 3 heterocycles. The van der Waals surface area contributed by atoms with E-state index >= 15 is 4.11 Å². The molecule has 3 aromatic carbocycles. The number of aliphatic hydroxyl groups excluding tert-OH is 1. The number of halogens is 1. The van der Waals surface area contributed by atoms with Crippen molar-refractivity contribution in [2.75, 3.05) is 30.5 Å². The van der Waals surface area contributed by atoms with Crippen LogP contribution in [-0.4, -0.2) is 74.5 Å². The molecule has 3 aliphatic rings. The van der Waals surface area contributed by atoms with E-state index in [1.807, 2.05) is 37.3 Å². The number of unbranched alkanes of at least 4 members (excludes halogenated alkanes) is 1. The van der Waals surface area contributed by atoms with Crippen LogP contribution in [-0.2, 0) is 42.4 Å². The monoisotopic (exact) mass is 715 g/mol. The Bertz CT molecular complexity index is 1800. The number of benzene rings is 3. The molecule has 0 saturated carbocycles. The van der Waals surface area contributed by atoms with Gasteiger partial charge in [-0.1, -0.05) is 49.4 Å². The van der Waals surface area contributed by atoms with Crippen molar-refractivity contribution in [3.8, 4) is 0 Å². The fraction of sp³-hybridized carbons (Fsp3) is 0.436. The average Bonchev–Trinajstić information content (AvgIpc) is 3.55. The number of nitrogens with one attached hydrogen (secondary N) is 1. The first kappa shape index (κ1) is 36.4. The zero-order valence-corrected chi connectivity index (χ0v) is 30.6. The SMILES string of the molecule is COC(=O)CCCCN1C(=O)[C@]2(O[C@H](CC(=O)N3Cc4ccccc4C[C@H]3CO)[C@@H]([Si](C)(C)F)[C@@H]2C)c2cc(NC(=O)c3ccccc3)ccc21. The first-order valence-corrected chi connectivity index (χ1v) is 20.6. The summed E-state index contributed by atoms with van der Waals surface area (Å²) in [6.45, 7) is 5.39. The van der Waals surface area contributed by atoms with E-state index in [1.165, 1.54) is 7.11 Å². The maximum atomic E-state index is 16.5. The molecule has 0 aromatic heterocycles. The highest BCUT2D eigenvalue weighted by atomic mass is 28.4. The van der Waals surface area contributed by atoms with E-state index in [0.717, 1.165) is 11.1 Å². The topological polar surface area (TPSA) is 125 Å². The highest BCUT2D eigenvalue weighted by molar-refractivity contribution is 6.72. The molecule has 0 radical (unpaired) electrons. The molecule has 3 aliphatic heterocycles. The number of hydrogen-bond donors (Lipinski definition) is 2. The Morgan fingerprint density at radius 2 is 1.75 bits per heavy atom. The van der Waals surface area contributed by atoms with Crippen LogP contribution in [0.4, 0.5) is 15.5 Å². The lowest BCUT2D eigenvalue weighted by molar-refractivity contribution is -0.151. The second-order valence-electron chi connectivity index (χ2n) is 14.3.